The maximum atomic E-state index is 12.2. The standard InChI is InChI=1S/C13H22N4O/c1-3-7-14-11-4-9-17(10-5-11)13(18)12-6-8-16(2)15-12/h6,8,11,14H,3-5,7,9-10H2,1-2H3. The van der Waals surface area contributed by atoms with Crippen LogP contribution in [0.5, 0.6) is 0 Å². The quantitative estimate of drug-likeness (QED) is 0.868. The third-order valence-corrected chi connectivity index (χ3v) is 3.40. The van der Waals surface area contributed by atoms with Gasteiger partial charge in [-0.3, -0.25) is 9.48 Å². The molecule has 0 spiro atoms. The molecule has 1 aromatic heterocycles. The molecule has 0 saturated carbocycles. The lowest BCUT2D eigenvalue weighted by atomic mass is 10.0. The number of hydrogen-bond acceptors (Lipinski definition) is 3. The van der Waals surface area contributed by atoms with E-state index < -0.39 is 0 Å². The van der Waals surface area contributed by atoms with Gasteiger partial charge in [-0.1, -0.05) is 6.92 Å². The molecule has 1 aliphatic heterocycles. The Hall–Kier alpha value is -1.36. The SMILES string of the molecule is CCCNC1CCN(C(=O)c2ccn(C)n2)CC1. The summed E-state index contributed by atoms with van der Waals surface area (Å²) in [4.78, 5) is 14.1. The van der Waals surface area contributed by atoms with Gasteiger partial charge in [0.2, 0.25) is 0 Å². The Morgan fingerprint density at radius 1 is 1.50 bits per heavy atom. The Morgan fingerprint density at radius 3 is 2.78 bits per heavy atom. The molecule has 0 atom stereocenters. The number of nitrogens with zero attached hydrogens (tertiary/aromatic N) is 3. The maximum Gasteiger partial charge on any atom is 0.274 e. The second-order valence-corrected chi connectivity index (χ2v) is 4.90. The van der Waals surface area contributed by atoms with Gasteiger partial charge in [-0.15, -0.1) is 0 Å². The zero-order valence-corrected chi connectivity index (χ0v) is 11.2. The monoisotopic (exact) mass is 250 g/mol. The van der Waals surface area contributed by atoms with Gasteiger partial charge in [0.05, 0.1) is 0 Å². The summed E-state index contributed by atoms with van der Waals surface area (Å²) in [6.07, 6.45) is 5.05. The molecule has 1 fully saturated rings. The molecular formula is C13H22N4O. The first-order valence-electron chi connectivity index (χ1n) is 6.73. The summed E-state index contributed by atoms with van der Waals surface area (Å²) >= 11 is 0. The first kappa shape index (κ1) is 13.1. The predicted octanol–water partition coefficient (Wildman–Crippen LogP) is 1.02. The third kappa shape index (κ3) is 3.10. The summed E-state index contributed by atoms with van der Waals surface area (Å²) < 4.78 is 1.67. The van der Waals surface area contributed by atoms with Crippen LogP contribution in [0.2, 0.25) is 0 Å². The van der Waals surface area contributed by atoms with Gasteiger partial charge in [-0.25, -0.2) is 0 Å². The molecule has 1 saturated heterocycles. The van der Waals surface area contributed by atoms with Crippen molar-refractivity contribution in [3.05, 3.63) is 18.0 Å². The van der Waals surface area contributed by atoms with E-state index in [1.54, 1.807) is 10.7 Å². The zero-order valence-electron chi connectivity index (χ0n) is 11.2. The zero-order chi connectivity index (χ0) is 13.0. The second kappa shape index (κ2) is 6.00. The Bertz CT molecular complexity index is 393. The number of aryl methyl sites for hydroxylation is 1. The molecule has 1 aliphatic rings. The van der Waals surface area contributed by atoms with Crippen LogP contribution < -0.4 is 5.32 Å². The topological polar surface area (TPSA) is 50.2 Å². The van der Waals surface area contributed by atoms with Gasteiger partial charge in [0.1, 0.15) is 5.69 Å². The van der Waals surface area contributed by atoms with Crippen LogP contribution in [-0.4, -0.2) is 46.3 Å². The molecule has 5 heteroatoms. The van der Waals surface area contributed by atoms with E-state index in [1.165, 1.54) is 0 Å². The molecule has 0 bridgehead atoms. The summed E-state index contributed by atoms with van der Waals surface area (Å²) in [5.41, 5.74) is 0.553. The van der Waals surface area contributed by atoms with Crippen LogP contribution in [0, 0.1) is 0 Å². The Balaban J connectivity index is 1.84. The molecule has 0 unspecified atom stereocenters. The highest BCUT2D eigenvalue weighted by Gasteiger charge is 2.24. The van der Waals surface area contributed by atoms with Gasteiger partial charge in [-0.05, 0) is 31.9 Å². The van der Waals surface area contributed by atoms with E-state index in [9.17, 15) is 4.79 Å². The van der Waals surface area contributed by atoms with E-state index in [4.69, 9.17) is 0 Å². The van der Waals surface area contributed by atoms with E-state index >= 15 is 0 Å². The van der Waals surface area contributed by atoms with Crippen LogP contribution in [0.1, 0.15) is 36.7 Å². The van der Waals surface area contributed by atoms with Gasteiger partial charge in [0.25, 0.3) is 5.91 Å². The molecule has 1 N–H and O–H groups in total. The number of amides is 1. The highest BCUT2D eigenvalue weighted by Crippen LogP contribution is 2.13. The third-order valence-electron chi connectivity index (χ3n) is 3.40. The van der Waals surface area contributed by atoms with Crippen molar-refractivity contribution in [3.63, 3.8) is 0 Å². The minimum Gasteiger partial charge on any atom is -0.337 e. The molecule has 5 nitrogen and oxygen atoms in total. The van der Waals surface area contributed by atoms with E-state index in [0.717, 1.165) is 38.9 Å². The van der Waals surface area contributed by atoms with Crippen LogP contribution in [0.4, 0.5) is 0 Å². The Labute approximate surface area is 108 Å². The van der Waals surface area contributed by atoms with E-state index in [-0.39, 0.29) is 5.91 Å². The van der Waals surface area contributed by atoms with Crippen molar-refractivity contribution in [1.29, 1.82) is 0 Å². The van der Waals surface area contributed by atoms with Crippen LogP contribution in [0.15, 0.2) is 12.3 Å². The Morgan fingerprint density at radius 2 is 2.22 bits per heavy atom. The number of rotatable bonds is 4. The number of aromatic nitrogens is 2. The minimum absolute atomic E-state index is 0.0598. The molecule has 0 aromatic carbocycles. The number of piperidine rings is 1. The average Bonchev–Trinajstić information content (AvgIpc) is 2.83. The first-order valence-corrected chi connectivity index (χ1v) is 6.73. The summed E-state index contributed by atoms with van der Waals surface area (Å²) in [6, 6.07) is 2.35. The highest BCUT2D eigenvalue weighted by molar-refractivity contribution is 5.92. The summed E-state index contributed by atoms with van der Waals surface area (Å²) in [7, 11) is 1.83. The van der Waals surface area contributed by atoms with Gasteiger partial charge in [0.15, 0.2) is 0 Å². The van der Waals surface area contributed by atoms with Crippen molar-refractivity contribution in [2.45, 2.75) is 32.2 Å². The Kier molecular flexibility index (Phi) is 4.36. The van der Waals surface area contributed by atoms with Gasteiger partial charge >= 0.3 is 0 Å². The number of likely N-dealkylation sites (tertiary alicyclic amines) is 1. The van der Waals surface area contributed by atoms with Crippen molar-refractivity contribution in [3.8, 4) is 0 Å². The lowest BCUT2D eigenvalue weighted by Crippen LogP contribution is -2.45. The molecule has 0 aliphatic carbocycles. The predicted molar refractivity (Wildman–Crippen MR) is 70.4 cm³/mol. The molecule has 1 aromatic rings. The van der Waals surface area contributed by atoms with E-state index in [0.29, 0.717) is 11.7 Å². The minimum atomic E-state index is 0.0598. The van der Waals surface area contributed by atoms with E-state index in [2.05, 4.69) is 17.3 Å². The number of carbonyl (C=O) groups is 1. The summed E-state index contributed by atoms with van der Waals surface area (Å²) in [5.74, 6) is 0.0598. The van der Waals surface area contributed by atoms with Crippen LogP contribution in [0.3, 0.4) is 0 Å². The highest BCUT2D eigenvalue weighted by atomic mass is 16.2. The van der Waals surface area contributed by atoms with Gasteiger partial charge in [-0.2, -0.15) is 5.10 Å². The number of nitrogens with one attached hydrogen (secondary N) is 1. The maximum absolute atomic E-state index is 12.2. The molecule has 0 radical (unpaired) electrons. The summed E-state index contributed by atoms with van der Waals surface area (Å²) in [5, 5.41) is 7.68. The lowest BCUT2D eigenvalue weighted by molar-refractivity contribution is 0.0698. The van der Waals surface area contributed by atoms with Crippen molar-refractivity contribution in [1.82, 2.24) is 20.0 Å². The normalized spacial score (nSPS) is 17.1. The summed E-state index contributed by atoms with van der Waals surface area (Å²) in [6.45, 7) is 4.90. The smallest absolute Gasteiger partial charge is 0.274 e. The fourth-order valence-electron chi connectivity index (χ4n) is 2.33. The van der Waals surface area contributed by atoms with Crippen molar-refractivity contribution in [2.75, 3.05) is 19.6 Å². The second-order valence-electron chi connectivity index (χ2n) is 4.90. The molecule has 1 amide bonds. The van der Waals surface area contributed by atoms with Gasteiger partial charge < -0.3 is 10.2 Å². The molecular weight excluding hydrogens is 228 g/mol. The largest absolute Gasteiger partial charge is 0.337 e. The molecule has 100 valence electrons. The number of carbonyl (C=O) groups excluding carboxylic acids is 1. The van der Waals surface area contributed by atoms with Crippen LogP contribution >= 0.6 is 0 Å². The van der Waals surface area contributed by atoms with Crippen molar-refractivity contribution in [2.24, 2.45) is 7.05 Å². The van der Waals surface area contributed by atoms with Crippen LogP contribution in [-0.2, 0) is 7.05 Å². The van der Waals surface area contributed by atoms with Crippen molar-refractivity contribution >= 4 is 5.91 Å². The lowest BCUT2D eigenvalue weighted by Gasteiger charge is -2.32. The molecule has 2 heterocycles. The van der Waals surface area contributed by atoms with Gasteiger partial charge in [0, 0.05) is 32.4 Å². The fourth-order valence-corrected chi connectivity index (χ4v) is 2.33. The van der Waals surface area contributed by atoms with Crippen molar-refractivity contribution < 1.29 is 4.79 Å². The molecule has 18 heavy (non-hydrogen) atoms. The van der Waals surface area contributed by atoms with Crippen LogP contribution in [0.25, 0.3) is 0 Å². The van der Waals surface area contributed by atoms with E-state index in [1.807, 2.05) is 18.1 Å². The number of hydrogen-bond donors (Lipinski definition) is 1. The first-order chi connectivity index (χ1) is 8.70. The average molecular weight is 250 g/mol. The fraction of sp³-hybridized carbons (Fsp3) is 0.692. The molecule has 2 rings (SSSR count).